The first-order valence-corrected chi connectivity index (χ1v) is 36.6. The molecular formula is C68H126N10O13Si. The Morgan fingerprint density at radius 2 is 0.891 bits per heavy atom. The number of likely N-dealkylation sites (N-methyl/N-ethyl adjacent to an activating group) is 7. The van der Waals surface area contributed by atoms with Gasteiger partial charge in [0.05, 0.1) is 12.1 Å². The maximum absolute atomic E-state index is 15.7. The normalized spacial score (nSPS) is 27.0. The molecule has 23 nitrogen and oxygen atoms in total. The third-order valence-corrected chi connectivity index (χ3v) is 23.4. The molecule has 4 N–H and O–H groups in total. The molecule has 0 aromatic rings. The molecule has 24 heteroatoms. The Labute approximate surface area is 554 Å². The summed E-state index contributed by atoms with van der Waals surface area (Å²) in [5, 5.41) is 18.7. The number of hydrogen-bond acceptors (Lipinski definition) is 13. The molecule has 10 amide bonds. The van der Waals surface area contributed by atoms with Gasteiger partial charge in [0.25, 0.3) is 0 Å². The van der Waals surface area contributed by atoms with Crippen molar-refractivity contribution >= 4 is 73.2 Å². The van der Waals surface area contributed by atoms with Gasteiger partial charge < -0.3 is 59.8 Å². The molecule has 0 aromatic carbocycles. The molecule has 0 radical (unpaired) electrons. The Balaban J connectivity index is 4.58. The zero-order chi connectivity index (χ0) is 71.8. The average Bonchev–Trinajstić information content (AvgIpc) is 0.794. The number of carbonyl (C=O) groups is 11. The van der Waals surface area contributed by atoms with Crippen LogP contribution < -0.4 is 16.0 Å². The van der Waals surface area contributed by atoms with E-state index in [0.717, 1.165) is 0 Å². The van der Waals surface area contributed by atoms with Gasteiger partial charge in [0.15, 0.2) is 14.1 Å². The number of nitrogens with zero attached hydrogens (tertiary/aromatic N) is 7. The fraction of sp³-hybridized carbons (Fsp3) is 0.838. The van der Waals surface area contributed by atoms with E-state index in [4.69, 9.17) is 4.43 Å². The third kappa shape index (κ3) is 22.6. The second-order valence-corrected chi connectivity index (χ2v) is 35.1. The summed E-state index contributed by atoms with van der Waals surface area (Å²) in [6, 6.07) is -12.0. The van der Waals surface area contributed by atoms with Crippen LogP contribution >= 0.6 is 0 Å². The summed E-state index contributed by atoms with van der Waals surface area (Å²) >= 11 is 0. The van der Waals surface area contributed by atoms with E-state index in [9.17, 15) is 38.7 Å². The summed E-state index contributed by atoms with van der Waals surface area (Å²) in [6.07, 6.45) is -0.540. The van der Waals surface area contributed by atoms with Crippen LogP contribution in [0, 0.1) is 47.3 Å². The number of ketones is 1. The van der Waals surface area contributed by atoms with Crippen molar-refractivity contribution in [1.29, 1.82) is 0 Å². The van der Waals surface area contributed by atoms with Crippen LogP contribution in [0.3, 0.4) is 0 Å². The number of carbonyl (C=O) groups excluding carboxylic acids is 11. The summed E-state index contributed by atoms with van der Waals surface area (Å²) in [5.41, 5.74) is 0. The minimum Gasteiger partial charge on any atom is -0.411 e. The Morgan fingerprint density at radius 1 is 0.489 bits per heavy atom. The van der Waals surface area contributed by atoms with Gasteiger partial charge in [-0.3, -0.25) is 52.7 Å². The maximum atomic E-state index is 15.7. The van der Waals surface area contributed by atoms with Crippen molar-refractivity contribution < 1.29 is 62.3 Å². The number of amides is 10. The topological polar surface area (TPSA) is 276 Å². The molecule has 1 fully saturated rings. The lowest BCUT2D eigenvalue weighted by atomic mass is 9.91. The van der Waals surface area contributed by atoms with E-state index in [1.54, 1.807) is 41.5 Å². The van der Waals surface area contributed by atoms with E-state index in [-0.39, 0.29) is 75.2 Å². The van der Waals surface area contributed by atoms with Crippen molar-refractivity contribution in [2.24, 2.45) is 47.3 Å². The summed E-state index contributed by atoms with van der Waals surface area (Å²) < 4.78 is 7.16. The maximum Gasteiger partial charge on any atom is 0.246 e. The van der Waals surface area contributed by atoms with Gasteiger partial charge in [-0.15, -0.1) is 0 Å². The van der Waals surface area contributed by atoms with Crippen molar-refractivity contribution in [2.75, 3.05) is 55.9 Å². The zero-order valence-corrected chi connectivity index (χ0v) is 63.1. The second-order valence-electron chi connectivity index (χ2n) is 30.4. The summed E-state index contributed by atoms with van der Waals surface area (Å²) in [5.74, 6) is -9.93. The minimum absolute atomic E-state index is 0.0284. The van der Waals surface area contributed by atoms with Crippen LogP contribution in [0.5, 0.6) is 0 Å². The molecule has 1 heterocycles. The highest BCUT2D eigenvalue weighted by atomic mass is 28.4. The molecule has 1 rings (SSSR count). The molecule has 92 heavy (non-hydrogen) atoms. The van der Waals surface area contributed by atoms with E-state index in [1.165, 1.54) is 97.5 Å². The fourth-order valence-corrected chi connectivity index (χ4v) is 13.1. The van der Waals surface area contributed by atoms with Crippen molar-refractivity contribution in [3.8, 4) is 0 Å². The van der Waals surface area contributed by atoms with Crippen LogP contribution in [-0.4, -0.2) is 235 Å². The van der Waals surface area contributed by atoms with Crippen LogP contribution in [0.25, 0.3) is 0 Å². The molecule has 1 aliphatic rings. The second kappa shape index (κ2) is 36.4. The number of rotatable bonds is 17. The van der Waals surface area contributed by atoms with Crippen molar-refractivity contribution in [3.63, 3.8) is 0 Å². The Bertz CT molecular complexity index is 2520. The summed E-state index contributed by atoms with van der Waals surface area (Å²) in [4.78, 5) is 173. The number of nitrogens with one attached hydrogen (secondary N) is 3. The highest BCUT2D eigenvalue weighted by Gasteiger charge is 2.49. The van der Waals surface area contributed by atoms with Crippen LogP contribution in [0.4, 0.5) is 0 Å². The van der Waals surface area contributed by atoms with Crippen molar-refractivity contribution in [1.82, 2.24) is 50.2 Å². The van der Waals surface area contributed by atoms with Crippen LogP contribution in [0.2, 0.25) is 18.1 Å². The number of aliphatic hydroxyl groups is 1. The van der Waals surface area contributed by atoms with E-state index in [2.05, 4.69) is 16.0 Å². The molecule has 0 bridgehead atoms. The minimum atomic E-state index is -2.86. The van der Waals surface area contributed by atoms with Crippen molar-refractivity contribution in [3.05, 3.63) is 0 Å². The van der Waals surface area contributed by atoms with Crippen LogP contribution in [-0.2, 0) is 57.2 Å². The first-order valence-electron chi connectivity index (χ1n) is 33.7. The molecule has 0 spiro atoms. The van der Waals surface area contributed by atoms with Gasteiger partial charge in [0, 0.05) is 68.3 Å². The Morgan fingerprint density at radius 3 is 1.30 bits per heavy atom. The Kier molecular flexibility index (Phi) is 33.4. The number of aliphatic hydroxyl groups excluding tert-OH is 1. The summed E-state index contributed by atoms with van der Waals surface area (Å²) in [6.45, 7) is 40.0. The standard InChI is InChI=1S/C68H126N10O13Si/c1-30-48-63(86)72(21)47(17)62(85)73(22)50(34-39(4)5)59(82)71-54(42(10)11)66(89)74(23)49(33-38(2)3)58(81)69-46(16)53(80)37-45(15)61(84)75(24)51(35-40(6)7)64(87)76(25)52(36-41(8)9)65(88)77(26)55(43(12)13)67(90)78(27)56(60(83)70-48)57(44(14)31-32-79)91-92(28,29)68(18,19)20/h38-52,54-57,79H,30-37H2,1-29H3,(H,69,81)(H,70,83)(H,71,82)/t44-,45-,46-,47-,48-,49-,50+,51-,52-,54-,55-,56-,57-/m1/s1. The van der Waals surface area contributed by atoms with Gasteiger partial charge in [-0.05, 0) is 112 Å². The lowest BCUT2D eigenvalue weighted by Crippen LogP contribution is -2.65. The lowest BCUT2D eigenvalue weighted by molar-refractivity contribution is -0.157. The van der Waals surface area contributed by atoms with Crippen LogP contribution in [0.15, 0.2) is 0 Å². The van der Waals surface area contributed by atoms with Gasteiger partial charge in [0.2, 0.25) is 59.1 Å². The molecule has 0 unspecified atom stereocenters. The highest BCUT2D eigenvalue weighted by Crippen LogP contribution is 2.40. The van der Waals surface area contributed by atoms with Gasteiger partial charge >= 0.3 is 0 Å². The average molecular weight is 1320 g/mol. The SMILES string of the molecule is CC[C@H]1NC(=O)[C@@H]([C@H](O[Si](C)(C)C(C)(C)C)[C@H](C)CCO)N(C)C(=O)[C@@H](C(C)C)N(C)C(=O)[C@@H](CC(C)C)N(C)C(=O)[C@@H](CC(C)C)N(C)C(=O)[C@H](C)CC(=O)[C@@H](C)NC(=O)[C@@H](CC(C)C)N(C)C(=O)[C@@H](C(C)C)NC(=O)[C@H](CC(C)C)N(C)C(=O)[C@@H](C)N(C)C1=O. The zero-order valence-electron chi connectivity index (χ0n) is 62.1. The molecular weight excluding hydrogens is 1190 g/mol. The van der Waals surface area contributed by atoms with E-state index in [1.807, 2.05) is 96.2 Å². The number of hydrogen-bond donors (Lipinski definition) is 4. The van der Waals surface area contributed by atoms with E-state index in [0.29, 0.717) is 0 Å². The first kappa shape index (κ1) is 84.5. The number of Topliss-reactive ketones (excluding diaryl/α,β-unsaturated/α-hetero) is 1. The van der Waals surface area contributed by atoms with E-state index < -0.39 is 168 Å². The van der Waals surface area contributed by atoms with Crippen molar-refractivity contribution in [2.45, 2.75) is 268 Å². The van der Waals surface area contributed by atoms with Gasteiger partial charge in [-0.25, -0.2) is 0 Å². The molecule has 0 aliphatic carbocycles. The predicted octanol–water partition coefficient (Wildman–Crippen LogP) is 6.19. The predicted molar refractivity (Wildman–Crippen MR) is 363 cm³/mol. The third-order valence-electron chi connectivity index (χ3n) is 18.9. The Hall–Kier alpha value is -5.49. The molecule has 1 saturated heterocycles. The molecule has 530 valence electrons. The van der Waals surface area contributed by atoms with Crippen LogP contribution in [0.1, 0.15) is 183 Å². The molecule has 13 atom stereocenters. The first-order chi connectivity index (χ1) is 42.1. The van der Waals surface area contributed by atoms with Gasteiger partial charge in [-0.1, -0.05) is 125 Å². The molecule has 1 aliphatic heterocycles. The highest BCUT2D eigenvalue weighted by molar-refractivity contribution is 6.74. The van der Waals surface area contributed by atoms with Gasteiger partial charge in [-0.2, -0.15) is 0 Å². The quantitative estimate of drug-likeness (QED) is 0.118. The smallest absolute Gasteiger partial charge is 0.246 e. The lowest BCUT2D eigenvalue weighted by Gasteiger charge is -2.46. The monoisotopic (exact) mass is 1320 g/mol. The summed E-state index contributed by atoms with van der Waals surface area (Å²) in [7, 11) is 7.39. The van der Waals surface area contributed by atoms with Gasteiger partial charge in [0.1, 0.15) is 54.4 Å². The molecule has 0 saturated carbocycles. The largest absolute Gasteiger partial charge is 0.411 e. The van der Waals surface area contributed by atoms with E-state index >= 15 is 19.2 Å². The fourth-order valence-electron chi connectivity index (χ4n) is 11.7. The molecule has 0 aromatic heterocycles.